The molecule has 19 heavy (non-hydrogen) atoms. The van der Waals surface area contributed by atoms with Crippen LogP contribution in [0.1, 0.15) is 20.3 Å². The van der Waals surface area contributed by atoms with Gasteiger partial charge in [0.2, 0.25) is 0 Å². The van der Waals surface area contributed by atoms with Gasteiger partial charge in [-0.2, -0.15) is 0 Å². The van der Waals surface area contributed by atoms with Gasteiger partial charge in [0.1, 0.15) is 0 Å². The van der Waals surface area contributed by atoms with E-state index in [4.69, 9.17) is 23.2 Å². The van der Waals surface area contributed by atoms with E-state index in [-0.39, 0.29) is 10.0 Å². The van der Waals surface area contributed by atoms with Crippen molar-refractivity contribution < 1.29 is 4.39 Å². The van der Waals surface area contributed by atoms with E-state index in [2.05, 4.69) is 24.1 Å². The molecule has 0 radical (unpaired) electrons. The van der Waals surface area contributed by atoms with Gasteiger partial charge in [-0.1, -0.05) is 37.0 Å². The molecule has 0 amide bonds. The van der Waals surface area contributed by atoms with Crippen LogP contribution in [-0.4, -0.2) is 25.7 Å². The van der Waals surface area contributed by atoms with Gasteiger partial charge in [0, 0.05) is 24.8 Å². The minimum atomic E-state index is -0.541. The minimum absolute atomic E-state index is 0.0841. The monoisotopic (exact) mass is 304 g/mol. The maximum absolute atomic E-state index is 13.5. The molecule has 2 nitrogen and oxygen atoms in total. The lowest BCUT2D eigenvalue weighted by Crippen LogP contribution is -2.41. The number of benzene rings is 1. The van der Waals surface area contributed by atoms with Crippen molar-refractivity contribution in [3.63, 3.8) is 0 Å². The topological polar surface area (TPSA) is 15.3 Å². The van der Waals surface area contributed by atoms with E-state index in [1.807, 2.05) is 0 Å². The van der Waals surface area contributed by atoms with Crippen LogP contribution in [0.4, 0.5) is 10.1 Å². The van der Waals surface area contributed by atoms with Gasteiger partial charge in [0.15, 0.2) is 5.82 Å². The Labute approximate surface area is 123 Å². The van der Waals surface area contributed by atoms with Gasteiger partial charge < -0.3 is 10.2 Å². The maximum atomic E-state index is 13.5. The molecule has 5 heteroatoms. The first-order valence-electron chi connectivity index (χ1n) is 6.62. The third-order valence-electron chi connectivity index (χ3n) is 3.57. The first-order chi connectivity index (χ1) is 8.99. The highest BCUT2D eigenvalue weighted by molar-refractivity contribution is 6.35. The van der Waals surface area contributed by atoms with E-state index >= 15 is 0 Å². The van der Waals surface area contributed by atoms with Crippen LogP contribution in [0.25, 0.3) is 0 Å². The summed E-state index contributed by atoms with van der Waals surface area (Å²) in [6, 6.07) is 3.74. The fourth-order valence-corrected chi connectivity index (χ4v) is 2.83. The van der Waals surface area contributed by atoms with Crippen LogP contribution in [0, 0.1) is 11.7 Å². The van der Waals surface area contributed by atoms with Crippen LogP contribution in [0.3, 0.4) is 0 Å². The van der Waals surface area contributed by atoms with Crippen LogP contribution in [0.5, 0.6) is 0 Å². The van der Waals surface area contributed by atoms with E-state index in [9.17, 15) is 4.39 Å². The Morgan fingerprint density at radius 2 is 1.95 bits per heavy atom. The normalized spacial score (nSPS) is 20.7. The molecule has 106 valence electrons. The summed E-state index contributed by atoms with van der Waals surface area (Å²) in [5.41, 5.74) is 0.894. The van der Waals surface area contributed by atoms with E-state index in [0.29, 0.717) is 12.0 Å². The smallest absolute Gasteiger partial charge is 0.160 e. The van der Waals surface area contributed by atoms with Crippen LogP contribution in [0.15, 0.2) is 12.1 Å². The fraction of sp³-hybridized carbons (Fsp3) is 0.571. The average Bonchev–Trinajstić information content (AvgIpc) is 2.61. The van der Waals surface area contributed by atoms with Gasteiger partial charge in [-0.15, -0.1) is 0 Å². The number of hydrogen-bond donors (Lipinski definition) is 1. The molecule has 1 heterocycles. The third-order valence-corrected chi connectivity index (χ3v) is 4.12. The zero-order valence-electron chi connectivity index (χ0n) is 11.2. The third kappa shape index (κ3) is 3.53. The van der Waals surface area contributed by atoms with Crippen LogP contribution in [-0.2, 0) is 0 Å². The molecule has 0 aliphatic carbocycles. The first kappa shape index (κ1) is 14.9. The molecular formula is C14H19Cl2FN2. The lowest BCUT2D eigenvalue weighted by Gasteiger charge is -2.28. The average molecular weight is 305 g/mol. The molecule has 1 saturated heterocycles. The molecule has 0 aromatic heterocycles. The van der Waals surface area contributed by atoms with Gasteiger partial charge in [-0.25, -0.2) is 4.39 Å². The molecule has 0 bridgehead atoms. The van der Waals surface area contributed by atoms with Crippen molar-refractivity contribution >= 4 is 28.9 Å². The van der Waals surface area contributed by atoms with Gasteiger partial charge in [-0.05, 0) is 31.0 Å². The highest BCUT2D eigenvalue weighted by atomic mass is 35.5. The van der Waals surface area contributed by atoms with Gasteiger partial charge in [0.05, 0.1) is 10.0 Å². The Balaban J connectivity index is 2.24. The van der Waals surface area contributed by atoms with Crippen molar-refractivity contribution in [1.82, 2.24) is 5.32 Å². The summed E-state index contributed by atoms with van der Waals surface area (Å²) < 4.78 is 13.5. The van der Waals surface area contributed by atoms with Gasteiger partial charge in [0.25, 0.3) is 0 Å². The molecule has 1 fully saturated rings. The van der Waals surface area contributed by atoms with E-state index < -0.39 is 5.82 Å². The zero-order valence-corrected chi connectivity index (χ0v) is 12.7. The number of halogens is 3. The molecule has 0 saturated carbocycles. The molecule has 1 aromatic rings. The number of hydrogen-bond acceptors (Lipinski definition) is 2. The Morgan fingerprint density at radius 1 is 1.32 bits per heavy atom. The summed E-state index contributed by atoms with van der Waals surface area (Å²) in [6.45, 7) is 7.21. The molecule has 1 atom stereocenters. The molecule has 1 aliphatic rings. The Morgan fingerprint density at radius 3 is 2.53 bits per heavy atom. The second kappa shape index (κ2) is 6.29. The number of nitrogens with zero attached hydrogens (tertiary/aromatic N) is 1. The van der Waals surface area contributed by atoms with Gasteiger partial charge in [-0.3, -0.25) is 0 Å². The van der Waals surface area contributed by atoms with Crippen molar-refractivity contribution in [1.29, 1.82) is 0 Å². The highest BCUT2D eigenvalue weighted by Gasteiger charge is 2.21. The molecule has 0 spiro atoms. The van der Waals surface area contributed by atoms with E-state index in [0.717, 1.165) is 31.7 Å². The first-order valence-corrected chi connectivity index (χ1v) is 7.37. The van der Waals surface area contributed by atoms with Crippen molar-refractivity contribution in [3.8, 4) is 0 Å². The van der Waals surface area contributed by atoms with Crippen molar-refractivity contribution in [2.45, 2.75) is 26.3 Å². The molecule has 1 aromatic carbocycles. The molecular weight excluding hydrogens is 286 g/mol. The van der Waals surface area contributed by atoms with E-state index in [1.54, 1.807) is 12.1 Å². The number of anilines is 1. The lowest BCUT2D eigenvalue weighted by molar-refractivity contribution is 0.420. The summed E-state index contributed by atoms with van der Waals surface area (Å²) in [5.74, 6) is 0.00688. The van der Waals surface area contributed by atoms with Gasteiger partial charge >= 0.3 is 0 Å². The molecule has 1 aliphatic heterocycles. The molecule has 1 N–H and O–H groups in total. The SMILES string of the molecule is CC(C)C1CN(c2cc(Cl)c(F)c(Cl)c2)CCCN1. The Kier molecular flexibility index (Phi) is 4.93. The number of nitrogens with one attached hydrogen (secondary N) is 1. The fourth-order valence-electron chi connectivity index (χ4n) is 2.36. The van der Waals surface area contributed by atoms with Crippen LogP contribution in [0.2, 0.25) is 10.0 Å². The summed E-state index contributed by atoms with van der Waals surface area (Å²) in [4.78, 5) is 2.22. The van der Waals surface area contributed by atoms with Crippen molar-refractivity contribution in [3.05, 3.63) is 28.0 Å². The Bertz CT molecular complexity index is 428. The second-order valence-corrected chi connectivity index (χ2v) is 6.14. The molecule has 1 unspecified atom stereocenters. The predicted octanol–water partition coefficient (Wildman–Crippen LogP) is 3.96. The lowest BCUT2D eigenvalue weighted by atomic mass is 10.0. The Hall–Kier alpha value is -0.510. The minimum Gasteiger partial charge on any atom is -0.370 e. The quantitative estimate of drug-likeness (QED) is 0.832. The van der Waals surface area contributed by atoms with Crippen molar-refractivity contribution in [2.24, 2.45) is 5.92 Å². The summed E-state index contributed by atoms with van der Waals surface area (Å²) in [6.07, 6.45) is 1.05. The maximum Gasteiger partial charge on any atom is 0.160 e. The standard InChI is InChI=1S/C14H19Cl2FN2/c1-9(2)13-8-19(5-3-4-18-13)10-6-11(15)14(17)12(16)7-10/h6-7,9,13,18H,3-5,8H2,1-2H3. The van der Waals surface area contributed by atoms with Crippen LogP contribution >= 0.6 is 23.2 Å². The number of rotatable bonds is 2. The summed E-state index contributed by atoms with van der Waals surface area (Å²) >= 11 is 11.8. The highest BCUT2D eigenvalue weighted by Crippen LogP contribution is 2.30. The van der Waals surface area contributed by atoms with E-state index in [1.165, 1.54) is 0 Å². The predicted molar refractivity (Wildman–Crippen MR) is 79.9 cm³/mol. The second-order valence-electron chi connectivity index (χ2n) is 5.33. The zero-order chi connectivity index (χ0) is 14.0. The van der Waals surface area contributed by atoms with Crippen molar-refractivity contribution in [2.75, 3.05) is 24.5 Å². The molecule has 2 rings (SSSR count). The largest absolute Gasteiger partial charge is 0.370 e. The summed E-state index contributed by atoms with van der Waals surface area (Å²) in [5, 5.41) is 3.71. The summed E-state index contributed by atoms with van der Waals surface area (Å²) in [7, 11) is 0. The van der Waals surface area contributed by atoms with Crippen LogP contribution < -0.4 is 10.2 Å².